The van der Waals surface area contributed by atoms with E-state index in [-0.39, 0.29) is 17.7 Å². The van der Waals surface area contributed by atoms with Crippen molar-refractivity contribution in [2.75, 3.05) is 5.32 Å². The number of rotatable bonds is 6. The average Bonchev–Trinajstić information content (AvgIpc) is 2.54. The van der Waals surface area contributed by atoms with Gasteiger partial charge in [0.15, 0.2) is 0 Å². The summed E-state index contributed by atoms with van der Waals surface area (Å²) in [5.41, 5.74) is 3.67. The molecule has 1 amide bonds. The number of nitrogens with one attached hydrogen (secondary N) is 1. The fraction of sp³-hybridized carbons (Fsp3) is 0.333. The van der Waals surface area contributed by atoms with Gasteiger partial charge in [-0.2, -0.15) is 0 Å². The number of carbonyl (C=O) groups is 2. The maximum Gasteiger partial charge on any atom is 0.307 e. The third-order valence-corrected chi connectivity index (χ3v) is 4.09. The van der Waals surface area contributed by atoms with Crippen LogP contribution in [-0.2, 0) is 27.8 Å². The molecule has 0 aliphatic rings. The van der Waals surface area contributed by atoms with E-state index in [2.05, 4.69) is 50.4 Å². The highest BCUT2D eigenvalue weighted by Gasteiger charge is 2.13. The lowest BCUT2D eigenvalue weighted by atomic mass is 9.86. The Morgan fingerprint density at radius 2 is 1.64 bits per heavy atom. The predicted octanol–water partition coefficient (Wildman–Crippen LogP) is 4.18. The molecule has 2 N–H and O–H groups in total. The van der Waals surface area contributed by atoms with Crippen molar-refractivity contribution in [1.82, 2.24) is 0 Å². The zero-order chi connectivity index (χ0) is 18.4. The highest BCUT2D eigenvalue weighted by Crippen LogP contribution is 2.22. The fourth-order valence-corrected chi connectivity index (χ4v) is 2.60. The molecular formula is C21H25NO3. The largest absolute Gasteiger partial charge is 0.481 e. The van der Waals surface area contributed by atoms with E-state index in [1.54, 1.807) is 24.3 Å². The Hall–Kier alpha value is -2.62. The smallest absolute Gasteiger partial charge is 0.307 e. The van der Waals surface area contributed by atoms with Gasteiger partial charge >= 0.3 is 5.97 Å². The van der Waals surface area contributed by atoms with E-state index < -0.39 is 5.97 Å². The summed E-state index contributed by atoms with van der Waals surface area (Å²) in [7, 11) is 0. The minimum atomic E-state index is -0.916. The van der Waals surface area contributed by atoms with Crippen molar-refractivity contribution >= 4 is 17.6 Å². The van der Waals surface area contributed by atoms with Crippen LogP contribution in [0.5, 0.6) is 0 Å². The van der Waals surface area contributed by atoms with Crippen molar-refractivity contribution in [1.29, 1.82) is 0 Å². The van der Waals surface area contributed by atoms with Crippen LogP contribution in [0.3, 0.4) is 0 Å². The SMILES string of the molecule is CC(C)(C)c1ccc(CCC(=O)Nc2ccccc2CC(=O)O)cc1. The summed E-state index contributed by atoms with van der Waals surface area (Å²) in [6.07, 6.45) is 0.901. The second-order valence-electron chi connectivity index (χ2n) is 7.22. The highest BCUT2D eigenvalue weighted by molar-refractivity contribution is 5.92. The Balaban J connectivity index is 1.94. The zero-order valence-corrected chi connectivity index (χ0v) is 15.0. The molecule has 4 heteroatoms. The van der Waals surface area contributed by atoms with Crippen molar-refractivity contribution in [2.24, 2.45) is 0 Å². The molecule has 0 aromatic heterocycles. The van der Waals surface area contributed by atoms with Crippen LogP contribution in [0.25, 0.3) is 0 Å². The number of aryl methyl sites for hydroxylation is 1. The molecule has 132 valence electrons. The summed E-state index contributed by atoms with van der Waals surface area (Å²) < 4.78 is 0. The molecule has 0 fully saturated rings. The van der Waals surface area contributed by atoms with Crippen molar-refractivity contribution in [3.05, 3.63) is 65.2 Å². The van der Waals surface area contributed by atoms with Gasteiger partial charge in [0.05, 0.1) is 6.42 Å². The molecule has 0 aliphatic heterocycles. The second kappa shape index (κ2) is 7.97. The van der Waals surface area contributed by atoms with E-state index in [4.69, 9.17) is 5.11 Å². The van der Waals surface area contributed by atoms with E-state index in [0.717, 1.165) is 5.56 Å². The maximum atomic E-state index is 12.2. The number of anilines is 1. The predicted molar refractivity (Wildman–Crippen MR) is 99.9 cm³/mol. The zero-order valence-electron chi connectivity index (χ0n) is 15.0. The molecular weight excluding hydrogens is 314 g/mol. The number of benzene rings is 2. The van der Waals surface area contributed by atoms with Crippen molar-refractivity contribution in [3.8, 4) is 0 Å². The quantitative estimate of drug-likeness (QED) is 0.829. The molecule has 2 aromatic rings. The van der Waals surface area contributed by atoms with E-state index in [1.165, 1.54) is 5.56 Å². The minimum Gasteiger partial charge on any atom is -0.481 e. The average molecular weight is 339 g/mol. The number of carbonyl (C=O) groups excluding carboxylic acids is 1. The Kier molecular flexibility index (Phi) is 5.97. The van der Waals surface area contributed by atoms with E-state index in [1.807, 2.05) is 0 Å². The van der Waals surface area contributed by atoms with Crippen LogP contribution in [-0.4, -0.2) is 17.0 Å². The summed E-state index contributed by atoms with van der Waals surface area (Å²) in [6, 6.07) is 15.3. The monoisotopic (exact) mass is 339 g/mol. The molecule has 0 spiro atoms. The summed E-state index contributed by atoms with van der Waals surface area (Å²) in [5.74, 6) is -1.03. The number of hydrogen-bond acceptors (Lipinski definition) is 2. The minimum absolute atomic E-state index is 0.106. The van der Waals surface area contributed by atoms with Crippen LogP contribution in [0.2, 0.25) is 0 Å². The van der Waals surface area contributed by atoms with Gasteiger partial charge in [0.25, 0.3) is 0 Å². The molecule has 2 aromatic carbocycles. The lowest BCUT2D eigenvalue weighted by molar-refractivity contribution is -0.136. The molecule has 0 heterocycles. The van der Waals surface area contributed by atoms with Gasteiger partial charge in [-0.15, -0.1) is 0 Å². The molecule has 0 atom stereocenters. The number of carboxylic acids is 1. The van der Waals surface area contributed by atoms with Crippen molar-refractivity contribution in [2.45, 2.75) is 45.4 Å². The lowest BCUT2D eigenvalue weighted by Gasteiger charge is -2.19. The second-order valence-corrected chi connectivity index (χ2v) is 7.22. The Morgan fingerprint density at radius 1 is 1.00 bits per heavy atom. The fourth-order valence-electron chi connectivity index (χ4n) is 2.60. The first kappa shape index (κ1) is 18.7. The summed E-state index contributed by atoms with van der Waals surface area (Å²) in [6.45, 7) is 6.51. The van der Waals surface area contributed by atoms with E-state index >= 15 is 0 Å². The Morgan fingerprint density at radius 3 is 2.24 bits per heavy atom. The van der Waals surface area contributed by atoms with Crippen LogP contribution in [0, 0.1) is 0 Å². The van der Waals surface area contributed by atoms with Crippen LogP contribution in [0.4, 0.5) is 5.69 Å². The van der Waals surface area contributed by atoms with Crippen LogP contribution in [0.15, 0.2) is 48.5 Å². The standard InChI is InChI=1S/C21H25NO3/c1-21(2,3)17-11-8-15(9-12-17)10-13-19(23)22-18-7-5-4-6-16(18)14-20(24)25/h4-9,11-12H,10,13-14H2,1-3H3,(H,22,23)(H,24,25). The summed E-state index contributed by atoms with van der Waals surface area (Å²) in [5, 5.41) is 11.8. The summed E-state index contributed by atoms with van der Waals surface area (Å²) in [4.78, 5) is 23.1. The molecule has 4 nitrogen and oxygen atoms in total. The van der Waals surface area contributed by atoms with E-state index in [9.17, 15) is 9.59 Å². The van der Waals surface area contributed by atoms with Gasteiger partial charge in [-0.1, -0.05) is 63.2 Å². The molecule has 0 radical (unpaired) electrons. The lowest BCUT2D eigenvalue weighted by Crippen LogP contribution is -2.15. The van der Waals surface area contributed by atoms with Crippen molar-refractivity contribution < 1.29 is 14.7 Å². The molecule has 0 unspecified atom stereocenters. The molecule has 0 bridgehead atoms. The number of carboxylic acid groups (broad SMARTS) is 1. The number of aliphatic carboxylic acids is 1. The van der Waals surface area contributed by atoms with Gasteiger partial charge in [-0.25, -0.2) is 0 Å². The van der Waals surface area contributed by atoms with Gasteiger partial charge in [0.1, 0.15) is 0 Å². The number of amides is 1. The van der Waals surface area contributed by atoms with Gasteiger partial charge < -0.3 is 10.4 Å². The van der Waals surface area contributed by atoms with Gasteiger partial charge in [-0.3, -0.25) is 9.59 Å². The Labute approximate surface area is 148 Å². The first-order valence-corrected chi connectivity index (χ1v) is 8.44. The normalized spacial score (nSPS) is 11.2. The van der Waals surface area contributed by atoms with Crippen molar-refractivity contribution in [3.63, 3.8) is 0 Å². The van der Waals surface area contributed by atoms with Crippen LogP contribution >= 0.6 is 0 Å². The van der Waals surface area contributed by atoms with Crippen LogP contribution < -0.4 is 5.32 Å². The summed E-state index contributed by atoms with van der Waals surface area (Å²) >= 11 is 0. The van der Waals surface area contributed by atoms with E-state index in [0.29, 0.717) is 24.1 Å². The number of para-hydroxylation sites is 1. The highest BCUT2D eigenvalue weighted by atomic mass is 16.4. The molecule has 2 rings (SSSR count). The third-order valence-electron chi connectivity index (χ3n) is 4.09. The van der Waals surface area contributed by atoms with Crippen LogP contribution in [0.1, 0.15) is 43.9 Å². The maximum absolute atomic E-state index is 12.2. The number of hydrogen-bond donors (Lipinski definition) is 2. The van der Waals surface area contributed by atoms with Gasteiger partial charge in [0.2, 0.25) is 5.91 Å². The first-order chi connectivity index (χ1) is 11.8. The van der Waals surface area contributed by atoms with Gasteiger partial charge in [0, 0.05) is 12.1 Å². The topological polar surface area (TPSA) is 66.4 Å². The Bertz CT molecular complexity index is 742. The molecule has 0 aliphatic carbocycles. The van der Waals surface area contributed by atoms with Gasteiger partial charge in [-0.05, 0) is 34.6 Å². The third kappa shape index (κ3) is 5.75. The molecule has 0 saturated carbocycles. The molecule has 25 heavy (non-hydrogen) atoms. The first-order valence-electron chi connectivity index (χ1n) is 8.44. The molecule has 0 saturated heterocycles.